The zero-order valence-electron chi connectivity index (χ0n) is 14.3. The summed E-state index contributed by atoms with van der Waals surface area (Å²) >= 11 is 0. The van der Waals surface area contributed by atoms with Crippen molar-refractivity contribution in [2.24, 2.45) is 5.73 Å². The number of fused-ring (bicyclic) bond motifs is 2. The molecular formula is C20H16N3O4. The van der Waals surface area contributed by atoms with Crippen LogP contribution in [-0.4, -0.2) is 46.5 Å². The van der Waals surface area contributed by atoms with Crippen LogP contribution in [0.1, 0.15) is 37.9 Å². The topological polar surface area (TPSA) is 101 Å². The highest BCUT2D eigenvalue weighted by molar-refractivity contribution is 6.22. The maximum absolute atomic E-state index is 12.9. The Balaban J connectivity index is 1.60. The van der Waals surface area contributed by atoms with Gasteiger partial charge in [-0.2, -0.15) is 0 Å². The number of carbonyl (C=O) groups is 4. The van der Waals surface area contributed by atoms with Gasteiger partial charge in [-0.15, -0.1) is 0 Å². The van der Waals surface area contributed by atoms with Crippen molar-refractivity contribution in [2.45, 2.75) is 12.5 Å². The van der Waals surface area contributed by atoms with Crippen molar-refractivity contribution in [3.05, 3.63) is 70.8 Å². The molecule has 7 nitrogen and oxygen atoms in total. The molecule has 7 heteroatoms. The highest BCUT2D eigenvalue weighted by atomic mass is 16.2. The summed E-state index contributed by atoms with van der Waals surface area (Å²) in [4.78, 5) is 52.1. The first-order valence-electron chi connectivity index (χ1n) is 8.52. The summed E-state index contributed by atoms with van der Waals surface area (Å²) in [6, 6.07) is 13.6. The Labute approximate surface area is 155 Å². The van der Waals surface area contributed by atoms with Crippen LogP contribution >= 0.6 is 0 Å². The number of imide groups is 1. The van der Waals surface area contributed by atoms with E-state index in [1.54, 1.807) is 42.5 Å². The fourth-order valence-electron chi connectivity index (χ4n) is 3.68. The molecule has 2 aromatic rings. The van der Waals surface area contributed by atoms with Crippen LogP contribution in [0.5, 0.6) is 0 Å². The van der Waals surface area contributed by atoms with Crippen LogP contribution in [0.3, 0.4) is 0 Å². The third-order valence-corrected chi connectivity index (χ3v) is 4.98. The molecule has 0 spiro atoms. The molecule has 2 aromatic carbocycles. The lowest BCUT2D eigenvalue weighted by Gasteiger charge is -2.36. The van der Waals surface area contributed by atoms with Crippen LogP contribution < -0.4 is 5.73 Å². The number of nitrogens with zero attached hydrogens (tertiary/aromatic N) is 2. The number of benzene rings is 2. The molecule has 2 N–H and O–H groups in total. The minimum absolute atomic E-state index is 0.278. The fourth-order valence-corrected chi connectivity index (χ4v) is 3.68. The van der Waals surface area contributed by atoms with Crippen molar-refractivity contribution in [1.29, 1.82) is 0 Å². The predicted molar refractivity (Wildman–Crippen MR) is 94.4 cm³/mol. The van der Waals surface area contributed by atoms with Crippen molar-refractivity contribution < 1.29 is 19.2 Å². The zero-order valence-corrected chi connectivity index (χ0v) is 14.3. The van der Waals surface area contributed by atoms with E-state index in [-0.39, 0.29) is 17.7 Å². The molecule has 2 aliphatic rings. The van der Waals surface area contributed by atoms with Gasteiger partial charge in [0.25, 0.3) is 11.8 Å². The summed E-state index contributed by atoms with van der Waals surface area (Å²) in [5.41, 5.74) is 7.67. The second-order valence-corrected chi connectivity index (χ2v) is 6.51. The Bertz CT molecular complexity index is 950. The van der Waals surface area contributed by atoms with Gasteiger partial charge in [-0.25, -0.2) is 0 Å². The lowest BCUT2D eigenvalue weighted by molar-refractivity contribution is -0.140. The molecule has 4 rings (SSSR count). The van der Waals surface area contributed by atoms with E-state index in [0.29, 0.717) is 12.0 Å². The van der Waals surface area contributed by atoms with E-state index in [2.05, 4.69) is 6.07 Å². The Hall–Kier alpha value is -3.48. The molecule has 27 heavy (non-hydrogen) atoms. The Kier molecular flexibility index (Phi) is 3.99. The Morgan fingerprint density at radius 3 is 2.41 bits per heavy atom. The molecule has 1 unspecified atom stereocenters. The molecule has 2 heterocycles. The molecule has 2 aliphatic heterocycles. The summed E-state index contributed by atoms with van der Waals surface area (Å²) in [6.07, 6.45) is 0.546. The van der Waals surface area contributed by atoms with Gasteiger partial charge in [-0.05, 0) is 35.7 Å². The molecular weight excluding hydrogens is 346 g/mol. The summed E-state index contributed by atoms with van der Waals surface area (Å²) in [6.45, 7) is -0.148. The fraction of sp³-hybridized carbons (Fsp3) is 0.200. The Morgan fingerprint density at radius 2 is 1.78 bits per heavy atom. The molecule has 1 atom stereocenters. The smallest absolute Gasteiger partial charge is 0.262 e. The zero-order chi connectivity index (χ0) is 19.1. The highest BCUT2D eigenvalue weighted by Crippen LogP contribution is 2.30. The number of rotatable bonds is 3. The maximum Gasteiger partial charge on any atom is 0.262 e. The van der Waals surface area contributed by atoms with E-state index in [9.17, 15) is 19.2 Å². The van der Waals surface area contributed by atoms with Gasteiger partial charge in [0, 0.05) is 6.54 Å². The summed E-state index contributed by atoms with van der Waals surface area (Å²) in [7, 11) is 0. The Morgan fingerprint density at radius 1 is 1.11 bits per heavy atom. The first-order chi connectivity index (χ1) is 13.0. The molecule has 0 saturated carbocycles. The molecule has 0 saturated heterocycles. The predicted octanol–water partition coefficient (Wildman–Crippen LogP) is 0.694. The standard InChI is InChI=1S/C20H16N3O4/c21-18(25)17-13-6-2-1-5-12(13)9-10-22(17)16(24)11-23-19(26)14-7-3-4-8-15(14)20(23)27/h2-8,17H,9-11H2,(H2,21,25). The number of hydrogen-bond donors (Lipinski definition) is 1. The molecule has 4 amide bonds. The normalized spacial score (nSPS) is 18.3. The summed E-state index contributed by atoms with van der Waals surface area (Å²) < 4.78 is 0. The van der Waals surface area contributed by atoms with E-state index >= 15 is 0 Å². The summed E-state index contributed by atoms with van der Waals surface area (Å²) in [5, 5.41) is 0. The van der Waals surface area contributed by atoms with Gasteiger partial charge in [0.1, 0.15) is 12.6 Å². The largest absolute Gasteiger partial charge is 0.368 e. The number of primary amides is 1. The quantitative estimate of drug-likeness (QED) is 0.812. The number of nitrogens with two attached hydrogens (primary N) is 1. The lowest BCUT2D eigenvalue weighted by Crippen LogP contribution is -2.50. The van der Waals surface area contributed by atoms with Gasteiger partial charge in [0.05, 0.1) is 11.1 Å². The third kappa shape index (κ3) is 2.68. The van der Waals surface area contributed by atoms with E-state index in [1.807, 2.05) is 0 Å². The van der Waals surface area contributed by atoms with Gasteiger partial charge >= 0.3 is 0 Å². The van der Waals surface area contributed by atoms with Crippen LogP contribution in [0.25, 0.3) is 0 Å². The van der Waals surface area contributed by atoms with Crippen LogP contribution in [0.15, 0.2) is 42.5 Å². The van der Waals surface area contributed by atoms with E-state index in [1.165, 1.54) is 4.90 Å². The van der Waals surface area contributed by atoms with Crippen LogP contribution in [0.4, 0.5) is 0 Å². The summed E-state index contributed by atoms with van der Waals surface area (Å²) in [5.74, 6) is -2.16. The van der Waals surface area contributed by atoms with Crippen LogP contribution in [0, 0.1) is 6.07 Å². The maximum atomic E-state index is 12.9. The number of carbonyl (C=O) groups excluding carboxylic acids is 4. The first kappa shape index (κ1) is 17.0. The van der Waals surface area contributed by atoms with Gasteiger partial charge in [0.2, 0.25) is 11.8 Å². The minimum atomic E-state index is -0.925. The van der Waals surface area contributed by atoms with Gasteiger partial charge in [0.15, 0.2) is 0 Å². The van der Waals surface area contributed by atoms with Crippen molar-refractivity contribution in [1.82, 2.24) is 9.80 Å². The lowest BCUT2D eigenvalue weighted by atomic mass is 9.92. The molecule has 1 radical (unpaired) electrons. The molecule has 0 aliphatic carbocycles. The minimum Gasteiger partial charge on any atom is -0.368 e. The monoisotopic (exact) mass is 362 g/mol. The van der Waals surface area contributed by atoms with Crippen molar-refractivity contribution >= 4 is 23.6 Å². The van der Waals surface area contributed by atoms with Gasteiger partial charge < -0.3 is 10.6 Å². The molecule has 135 valence electrons. The van der Waals surface area contributed by atoms with Gasteiger partial charge in [-0.1, -0.05) is 30.3 Å². The van der Waals surface area contributed by atoms with Crippen LogP contribution in [0.2, 0.25) is 0 Å². The number of hydrogen-bond acceptors (Lipinski definition) is 4. The average Bonchev–Trinajstić information content (AvgIpc) is 2.92. The van der Waals surface area contributed by atoms with Gasteiger partial charge in [-0.3, -0.25) is 24.1 Å². The number of amides is 4. The van der Waals surface area contributed by atoms with Crippen molar-refractivity contribution in [2.75, 3.05) is 13.1 Å². The molecule has 0 aromatic heterocycles. The van der Waals surface area contributed by atoms with E-state index in [0.717, 1.165) is 10.5 Å². The van der Waals surface area contributed by atoms with Crippen molar-refractivity contribution in [3.8, 4) is 0 Å². The average molecular weight is 362 g/mol. The van der Waals surface area contributed by atoms with Crippen molar-refractivity contribution in [3.63, 3.8) is 0 Å². The van der Waals surface area contributed by atoms with E-state index < -0.39 is 36.2 Å². The molecule has 0 bridgehead atoms. The molecule has 0 fully saturated rings. The first-order valence-corrected chi connectivity index (χ1v) is 8.52. The SMILES string of the molecule is NC(=O)C1c2cc[c]cc2CCN1C(=O)CN1C(=O)c2ccccc2C1=O. The third-order valence-electron chi connectivity index (χ3n) is 4.98. The second-order valence-electron chi connectivity index (χ2n) is 6.51. The second kappa shape index (κ2) is 6.35. The highest BCUT2D eigenvalue weighted by Gasteiger charge is 2.40. The van der Waals surface area contributed by atoms with Crippen LogP contribution in [-0.2, 0) is 16.0 Å². The van der Waals surface area contributed by atoms with E-state index in [4.69, 9.17) is 5.73 Å².